The summed E-state index contributed by atoms with van der Waals surface area (Å²) in [5.74, 6) is -0.163. The summed E-state index contributed by atoms with van der Waals surface area (Å²) in [6.45, 7) is 0.650. The SMILES string of the molecule is COc1ccc2c(c1)C13CCN(C)C(C2=O)C1(O)CCC(C(=O)NC=O)C3. The highest BCUT2D eigenvalue weighted by Gasteiger charge is 2.67. The van der Waals surface area contributed by atoms with E-state index >= 15 is 0 Å². The van der Waals surface area contributed by atoms with Gasteiger partial charge in [-0.2, -0.15) is 0 Å². The Hall–Kier alpha value is -2.25. The van der Waals surface area contributed by atoms with Gasteiger partial charge in [0.15, 0.2) is 5.78 Å². The van der Waals surface area contributed by atoms with Crippen molar-refractivity contribution in [2.75, 3.05) is 20.7 Å². The average molecular weight is 372 g/mol. The van der Waals surface area contributed by atoms with Gasteiger partial charge in [0.05, 0.1) is 12.7 Å². The van der Waals surface area contributed by atoms with Crippen LogP contribution in [0.15, 0.2) is 18.2 Å². The number of hydrogen-bond donors (Lipinski definition) is 2. The van der Waals surface area contributed by atoms with Crippen LogP contribution in [0.5, 0.6) is 5.75 Å². The fourth-order valence-corrected chi connectivity index (χ4v) is 5.61. The molecule has 7 nitrogen and oxygen atoms in total. The number of rotatable bonds is 3. The molecule has 1 saturated heterocycles. The van der Waals surface area contributed by atoms with Gasteiger partial charge < -0.3 is 9.84 Å². The number of amides is 2. The Bertz CT molecular complexity index is 825. The number of ketones is 1. The number of carbonyl (C=O) groups is 3. The Morgan fingerprint density at radius 1 is 1.41 bits per heavy atom. The highest BCUT2D eigenvalue weighted by atomic mass is 16.5. The summed E-state index contributed by atoms with van der Waals surface area (Å²) in [6.07, 6.45) is 2.21. The molecule has 4 unspecified atom stereocenters. The van der Waals surface area contributed by atoms with Crippen LogP contribution >= 0.6 is 0 Å². The molecule has 1 saturated carbocycles. The van der Waals surface area contributed by atoms with Gasteiger partial charge in [0, 0.05) is 16.9 Å². The molecule has 2 amide bonds. The summed E-state index contributed by atoms with van der Waals surface area (Å²) in [7, 11) is 3.43. The standard InChI is InChI=1S/C20H24N2O5/c1-22-8-7-19-10-12(18(25)21-11-23)5-6-20(19,26)17(22)16(24)14-4-3-13(27-2)9-15(14)19/h3-4,9,11-12,17,26H,5-8,10H2,1-2H3,(H,21,23,25). The maximum Gasteiger partial charge on any atom is 0.229 e. The maximum atomic E-state index is 13.2. The van der Waals surface area contributed by atoms with E-state index in [1.54, 1.807) is 19.2 Å². The number of nitrogens with zero attached hydrogens (tertiary/aromatic N) is 1. The maximum absolute atomic E-state index is 13.2. The number of aliphatic hydroxyl groups is 1. The van der Waals surface area contributed by atoms with Crippen molar-refractivity contribution >= 4 is 18.1 Å². The zero-order valence-corrected chi connectivity index (χ0v) is 15.5. The van der Waals surface area contributed by atoms with Crippen LogP contribution in [0.1, 0.15) is 41.6 Å². The van der Waals surface area contributed by atoms with E-state index in [0.29, 0.717) is 50.0 Å². The van der Waals surface area contributed by atoms with Gasteiger partial charge in [-0.1, -0.05) is 0 Å². The van der Waals surface area contributed by atoms with Crippen molar-refractivity contribution in [1.29, 1.82) is 0 Å². The highest BCUT2D eigenvalue weighted by Crippen LogP contribution is 2.59. The molecule has 144 valence electrons. The van der Waals surface area contributed by atoms with Crippen LogP contribution in [0.25, 0.3) is 0 Å². The molecule has 2 N–H and O–H groups in total. The third kappa shape index (κ3) is 2.31. The number of benzene rings is 1. The second kappa shape index (κ2) is 6.14. The van der Waals surface area contributed by atoms with Gasteiger partial charge in [0.25, 0.3) is 0 Å². The van der Waals surface area contributed by atoms with Crippen LogP contribution in [0.4, 0.5) is 0 Å². The lowest BCUT2D eigenvalue weighted by atomic mass is 9.47. The van der Waals surface area contributed by atoms with Gasteiger partial charge in [-0.05, 0) is 63.0 Å². The summed E-state index contributed by atoms with van der Waals surface area (Å²) in [5, 5.41) is 14.1. The molecule has 0 radical (unpaired) electrons. The zero-order chi connectivity index (χ0) is 19.4. The number of nitrogens with one attached hydrogen (secondary N) is 1. The second-order valence-corrected chi connectivity index (χ2v) is 7.98. The quantitative estimate of drug-likeness (QED) is 0.756. The second-order valence-electron chi connectivity index (χ2n) is 7.98. The largest absolute Gasteiger partial charge is 0.497 e. The first-order valence-corrected chi connectivity index (χ1v) is 9.27. The lowest BCUT2D eigenvalue weighted by Crippen LogP contribution is -2.74. The number of fused-ring (bicyclic) bond motifs is 1. The lowest BCUT2D eigenvalue weighted by Gasteiger charge is -2.63. The zero-order valence-electron chi connectivity index (χ0n) is 15.5. The molecule has 4 rings (SSSR count). The number of carbonyl (C=O) groups excluding carboxylic acids is 3. The van der Waals surface area contributed by atoms with E-state index < -0.39 is 17.1 Å². The number of methoxy groups -OCH3 is 1. The summed E-state index contributed by atoms with van der Waals surface area (Å²) >= 11 is 0. The molecule has 3 aliphatic rings. The molecular weight excluding hydrogens is 348 g/mol. The minimum atomic E-state index is -1.24. The van der Waals surface area contributed by atoms with Gasteiger partial charge >= 0.3 is 0 Å². The first kappa shape index (κ1) is 18.1. The fourth-order valence-electron chi connectivity index (χ4n) is 5.61. The molecule has 2 bridgehead atoms. The molecule has 0 aromatic heterocycles. The van der Waals surface area contributed by atoms with E-state index in [1.807, 2.05) is 18.0 Å². The third-order valence-electron chi connectivity index (χ3n) is 6.91. The van der Waals surface area contributed by atoms with Crippen LogP contribution in [0.2, 0.25) is 0 Å². The molecule has 2 fully saturated rings. The van der Waals surface area contributed by atoms with Gasteiger partial charge in [0.1, 0.15) is 11.8 Å². The van der Waals surface area contributed by atoms with Gasteiger partial charge in [-0.25, -0.2) is 0 Å². The van der Waals surface area contributed by atoms with Crippen molar-refractivity contribution in [3.05, 3.63) is 29.3 Å². The lowest BCUT2D eigenvalue weighted by molar-refractivity contribution is -0.160. The van der Waals surface area contributed by atoms with E-state index in [-0.39, 0.29) is 17.6 Å². The highest BCUT2D eigenvalue weighted by molar-refractivity contribution is 6.05. The first-order valence-electron chi connectivity index (χ1n) is 9.27. The fraction of sp³-hybridized carbons (Fsp3) is 0.550. The molecule has 1 heterocycles. The Labute approximate surface area is 157 Å². The Kier molecular flexibility index (Phi) is 4.12. The van der Waals surface area contributed by atoms with E-state index in [4.69, 9.17) is 4.74 Å². The summed E-state index contributed by atoms with van der Waals surface area (Å²) in [5.41, 5.74) is -0.602. The van der Waals surface area contributed by atoms with E-state index in [1.165, 1.54) is 0 Å². The summed E-state index contributed by atoms with van der Waals surface area (Å²) in [4.78, 5) is 38.3. The number of hydrogen-bond acceptors (Lipinski definition) is 6. The summed E-state index contributed by atoms with van der Waals surface area (Å²) < 4.78 is 5.37. The van der Waals surface area contributed by atoms with Crippen molar-refractivity contribution in [3.63, 3.8) is 0 Å². The van der Waals surface area contributed by atoms with Crippen molar-refractivity contribution in [3.8, 4) is 5.75 Å². The number of likely N-dealkylation sites (N-methyl/N-ethyl adjacent to an activating group) is 1. The number of piperidine rings is 1. The van der Waals surface area contributed by atoms with E-state index in [2.05, 4.69) is 5.32 Å². The summed E-state index contributed by atoms with van der Waals surface area (Å²) in [6, 6.07) is 4.73. The predicted molar refractivity (Wildman–Crippen MR) is 96.5 cm³/mol. The number of ether oxygens (including phenoxy) is 1. The minimum Gasteiger partial charge on any atom is -0.497 e. The number of imide groups is 1. The molecule has 1 aliphatic heterocycles. The predicted octanol–water partition coefficient (Wildman–Crippen LogP) is 0.637. The molecule has 27 heavy (non-hydrogen) atoms. The Morgan fingerprint density at radius 3 is 2.89 bits per heavy atom. The molecule has 0 spiro atoms. The molecular formula is C20H24N2O5. The number of likely N-dealkylation sites (tertiary alicyclic amines) is 1. The topological polar surface area (TPSA) is 95.9 Å². The van der Waals surface area contributed by atoms with Crippen LogP contribution in [0, 0.1) is 5.92 Å². The van der Waals surface area contributed by atoms with Crippen LogP contribution < -0.4 is 10.1 Å². The van der Waals surface area contributed by atoms with E-state index in [9.17, 15) is 19.5 Å². The van der Waals surface area contributed by atoms with Crippen molar-refractivity contribution in [1.82, 2.24) is 10.2 Å². The molecule has 2 aliphatic carbocycles. The Morgan fingerprint density at radius 2 is 2.19 bits per heavy atom. The molecule has 1 aromatic rings. The molecule has 7 heteroatoms. The number of Topliss-reactive ketones (excluding diaryl/α,β-unsaturated/α-hetero) is 1. The van der Waals surface area contributed by atoms with Crippen molar-refractivity contribution < 1.29 is 24.2 Å². The first-order chi connectivity index (χ1) is 12.9. The Balaban J connectivity index is 1.90. The van der Waals surface area contributed by atoms with Gasteiger partial charge in [-0.3, -0.25) is 24.6 Å². The monoisotopic (exact) mass is 372 g/mol. The van der Waals surface area contributed by atoms with Crippen molar-refractivity contribution in [2.24, 2.45) is 5.92 Å². The molecule has 1 aromatic carbocycles. The van der Waals surface area contributed by atoms with Crippen LogP contribution in [-0.2, 0) is 15.0 Å². The minimum absolute atomic E-state index is 0.0798. The van der Waals surface area contributed by atoms with Crippen molar-refractivity contribution in [2.45, 2.75) is 42.7 Å². The van der Waals surface area contributed by atoms with Crippen LogP contribution in [0.3, 0.4) is 0 Å². The van der Waals surface area contributed by atoms with E-state index in [0.717, 1.165) is 5.56 Å². The average Bonchev–Trinajstić information content (AvgIpc) is 2.66. The van der Waals surface area contributed by atoms with Gasteiger partial charge in [0.2, 0.25) is 12.3 Å². The van der Waals surface area contributed by atoms with Crippen LogP contribution in [-0.4, -0.2) is 60.5 Å². The third-order valence-corrected chi connectivity index (χ3v) is 6.91. The van der Waals surface area contributed by atoms with Gasteiger partial charge in [-0.15, -0.1) is 0 Å². The smallest absolute Gasteiger partial charge is 0.229 e. The normalized spacial score (nSPS) is 35.0. The molecule has 4 atom stereocenters.